The van der Waals surface area contributed by atoms with E-state index in [9.17, 15) is 0 Å². The molecule has 34 heavy (non-hydrogen) atoms. The standard InChI is InChI=1S/C34H30/c1-19-14-15-24-25-17-29-26(18-28(25)33(3,4)27-13-9-12-22(19)31(24)27)32-23-11-8-7-10-21(23)20(2)16-30(32)34(29,5)6/h7-18H,1-6H3. The molecule has 0 bridgehead atoms. The molecule has 0 heterocycles. The van der Waals surface area contributed by atoms with Crippen LogP contribution in [0.2, 0.25) is 0 Å². The first-order valence-electron chi connectivity index (χ1n) is 12.5. The predicted molar refractivity (Wildman–Crippen MR) is 146 cm³/mol. The number of hydrogen-bond donors (Lipinski definition) is 0. The van der Waals surface area contributed by atoms with Crippen molar-refractivity contribution in [3.05, 3.63) is 106 Å². The average Bonchev–Trinajstić information content (AvgIpc) is 3.04. The third-order valence-corrected chi connectivity index (χ3v) is 8.92. The summed E-state index contributed by atoms with van der Waals surface area (Å²) < 4.78 is 0. The summed E-state index contributed by atoms with van der Waals surface area (Å²) in [6.45, 7) is 14.1. The molecule has 5 aromatic carbocycles. The van der Waals surface area contributed by atoms with Gasteiger partial charge in [-0.15, -0.1) is 0 Å². The molecule has 0 saturated heterocycles. The molecule has 0 atom stereocenters. The highest BCUT2D eigenvalue weighted by molar-refractivity contribution is 6.08. The molecule has 0 fully saturated rings. The summed E-state index contributed by atoms with van der Waals surface area (Å²) in [4.78, 5) is 0. The van der Waals surface area contributed by atoms with Crippen LogP contribution in [0.1, 0.15) is 61.1 Å². The monoisotopic (exact) mass is 438 g/mol. The number of rotatable bonds is 0. The summed E-state index contributed by atoms with van der Waals surface area (Å²) in [6.07, 6.45) is 0. The molecule has 2 aliphatic rings. The summed E-state index contributed by atoms with van der Waals surface area (Å²) in [6, 6.07) is 28.0. The van der Waals surface area contributed by atoms with Crippen LogP contribution in [0, 0.1) is 13.8 Å². The normalized spacial score (nSPS) is 16.4. The first kappa shape index (κ1) is 20.0. The fraction of sp³-hybridized carbons (Fsp3) is 0.235. The van der Waals surface area contributed by atoms with Crippen molar-refractivity contribution in [3.8, 4) is 22.3 Å². The molecule has 7 rings (SSSR count). The first-order chi connectivity index (χ1) is 16.2. The summed E-state index contributed by atoms with van der Waals surface area (Å²) in [5.74, 6) is 0. The lowest BCUT2D eigenvalue weighted by molar-refractivity contribution is 0.639. The Morgan fingerprint density at radius 3 is 1.91 bits per heavy atom. The van der Waals surface area contributed by atoms with Crippen LogP contribution >= 0.6 is 0 Å². The molecular formula is C34H30. The lowest BCUT2D eigenvalue weighted by atomic mass is 9.67. The van der Waals surface area contributed by atoms with Gasteiger partial charge in [0.15, 0.2) is 0 Å². The lowest BCUT2D eigenvalue weighted by Gasteiger charge is -2.36. The van der Waals surface area contributed by atoms with Crippen molar-refractivity contribution >= 4 is 21.5 Å². The zero-order valence-corrected chi connectivity index (χ0v) is 20.9. The number of fused-ring (bicyclic) bond motifs is 7. The van der Waals surface area contributed by atoms with E-state index in [-0.39, 0.29) is 10.8 Å². The molecule has 0 nitrogen and oxygen atoms in total. The van der Waals surface area contributed by atoms with E-state index < -0.39 is 0 Å². The Morgan fingerprint density at radius 2 is 1.12 bits per heavy atom. The topological polar surface area (TPSA) is 0 Å². The van der Waals surface area contributed by atoms with Crippen LogP contribution in [-0.2, 0) is 10.8 Å². The fourth-order valence-electron chi connectivity index (χ4n) is 6.99. The van der Waals surface area contributed by atoms with Gasteiger partial charge >= 0.3 is 0 Å². The van der Waals surface area contributed by atoms with Crippen LogP contribution in [0.3, 0.4) is 0 Å². The highest BCUT2D eigenvalue weighted by Gasteiger charge is 2.41. The van der Waals surface area contributed by atoms with Crippen LogP contribution in [0.5, 0.6) is 0 Å². The van der Waals surface area contributed by atoms with E-state index in [1.54, 1.807) is 0 Å². The van der Waals surface area contributed by atoms with Crippen molar-refractivity contribution in [2.24, 2.45) is 0 Å². The molecule has 0 radical (unpaired) electrons. The van der Waals surface area contributed by atoms with Gasteiger partial charge in [0.1, 0.15) is 0 Å². The van der Waals surface area contributed by atoms with Crippen LogP contribution in [0.25, 0.3) is 43.8 Å². The summed E-state index contributed by atoms with van der Waals surface area (Å²) in [5, 5.41) is 5.58. The van der Waals surface area contributed by atoms with Gasteiger partial charge in [0.2, 0.25) is 0 Å². The molecule has 0 heteroatoms. The molecule has 0 aromatic heterocycles. The van der Waals surface area contributed by atoms with Gasteiger partial charge in [-0.1, -0.05) is 88.4 Å². The molecule has 2 aliphatic carbocycles. The van der Waals surface area contributed by atoms with Crippen LogP contribution in [0.15, 0.2) is 72.8 Å². The second-order valence-corrected chi connectivity index (χ2v) is 11.5. The molecule has 0 aliphatic heterocycles. The second-order valence-electron chi connectivity index (χ2n) is 11.5. The summed E-state index contributed by atoms with van der Waals surface area (Å²) >= 11 is 0. The predicted octanol–water partition coefficient (Wildman–Crippen LogP) is 9.22. The quantitative estimate of drug-likeness (QED) is 0.226. The van der Waals surface area contributed by atoms with Gasteiger partial charge in [-0.3, -0.25) is 0 Å². The highest BCUT2D eigenvalue weighted by atomic mass is 14.4. The van der Waals surface area contributed by atoms with Crippen molar-refractivity contribution in [2.75, 3.05) is 0 Å². The number of hydrogen-bond acceptors (Lipinski definition) is 0. The minimum atomic E-state index is -0.0575. The summed E-state index contributed by atoms with van der Waals surface area (Å²) in [5.41, 5.74) is 14.1. The van der Waals surface area contributed by atoms with E-state index in [0.29, 0.717) is 0 Å². The van der Waals surface area contributed by atoms with E-state index in [1.165, 1.54) is 77.2 Å². The lowest BCUT2D eigenvalue weighted by Crippen LogP contribution is -2.24. The third-order valence-electron chi connectivity index (χ3n) is 8.92. The van der Waals surface area contributed by atoms with Crippen molar-refractivity contribution < 1.29 is 0 Å². The second kappa shape index (κ2) is 6.19. The molecular weight excluding hydrogens is 408 g/mol. The van der Waals surface area contributed by atoms with E-state index in [2.05, 4.69) is 114 Å². The van der Waals surface area contributed by atoms with Gasteiger partial charge in [0.25, 0.3) is 0 Å². The zero-order valence-electron chi connectivity index (χ0n) is 20.9. The molecule has 0 amide bonds. The smallest absolute Gasteiger partial charge is 0.0159 e. The molecule has 166 valence electrons. The molecule has 5 aromatic rings. The van der Waals surface area contributed by atoms with Gasteiger partial charge in [-0.05, 0) is 103 Å². The maximum absolute atomic E-state index is 2.54. The Bertz CT molecular complexity index is 1710. The minimum Gasteiger partial charge on any atom is -0.0616 e. The Hall–Kier alpha value is -3.38. The maximum atomic E-state index is 2.54. The van der Waals surface area contributed by atoms with E-state index in [0.717, 1.165) is 0 Å². The Kier molecular flexibility index (Phi) is 3.65. The zero-order chi connectivity index (χ0) is 23.6. The molecule has 0 saturated carbocycles. The van der Waals surface area contributed by atoms with Crippen molar-refractivity contribution in [2.45, 2.75) is 52.4 Å². The average molecular weight is 439 g/mol. The van der Waals surface area contributed by atoms with Crippen LogP contribution < -0.4 is 0 Å². The SMILES string of the molecule is Cc1cc2c(c3ccccc13)-c1cc3c(cc1C2(C)C)-c1ccc(C)c2cccc(c12)C3(C)C. The van der Waals surface area contributed by atoms with Crippen LogP contribution in [-0.4, -0.2) is 0 Å². The van der Waals surface area contributed by atoms with E-state index >= 15 is 0 Å². The maximum Gasteiger partial charge on any atom is 0.0159 e. The highest BCUT2D eigenvalue weighted by Crippen LogP contribution is 2.57. The molecule has 0 spiro atoms. The van der Waals surface area contributed by atoms with Crippen LogP contribution in [0.4, 0.5) is 0 Å². The third kappa shape index (κ3) is 2.24. The van der Waals surface area contributed by atoms with Crippen molar-refractivity contribution in [3.63, 3.8) is 0 Å². The van der Waals surface area contributed by atoms with Crippen molar-refractivity contribution in [1.82, 2.24) is 0 Å². The Morgan fingerprint density at radius 1 is 0.471 bits per heavy atom. The largest absolute Gasteiger partial charge is 0.0616 e. The first-order valence-corrected chi connectivity index (χ1v) is 12.5. The van der Waals surface area contributed by atoms with Gasteiger partial charge < -0.3 is 0 Å². The van der Waals surface area contributed by atoms with E-state index in [4.69, 9.17) is 0 Å². The van der Waals surface area contributed by atoms with Gasteiger partial charge in [0.05, 0.1) is 0 Å². The number of benzene rings is 5. The Balaban J connectivity index is 1.64. The fourth-order valence-corrected chi connectivity index (χ4v) is 6.99. The molecule has 0 N–H and O–H groups in total. The number of aryl methyl sites for hydroxylation is 2. The van der Waals surface area contributed by atoms with Crippen molar-refractivity contribution in [1.29, 1.82) is 0 Å². The van der Waals surface area contributed by atoms with E-state index in [1.807, 2.05) is 0 Å². The van der Waals surface area contributed by atoms with Gasteiger partial charge in [-0.25, -0.2) is 0 Å². The Labute approximate surface area is 202 Å². The van der Waals surface area contributed by atoms with Gasteiger partial charge in [-0.2, -0.15) is 0 Å². The van der Waals surface area contributed by atoms with Gasteiger partial charge in [0, 0.05) is 10.8 Å². The summed E-state index contributed by atoms with van der Waals surface area (Å²) in [7, 11) is 0. The molecule has 0 unspecified atom stereocenters. The minimum absolute atomic E-state index is 0.0284.